The lowest BCUT2D eigenvalue weighted by Gasteiger charge is -2.14. The summed E-state index contributed by atoms with van der Waals surface area (Å²) in [4.78, 5) is 4.35. The monoisotopic (exact) mass is 242 g/mol. The number of nitrogens with one attached hydrogen (secondary N) is 1. The van der Waals surface area contributed by atoms with Crippen LogP contribution in [-0.2, 0) is 6.54 Å². The van der Waals surface area contributed by atoms with Crippen LogP contribution in [0.3, 0.4) is 0 Å². The van der Waals surface area contributed by atoms with Crippen molar-refractivity contribution >= 4 is 11.0 Å². The smallest absolute Gasteiger partial charge is 0.123 e. The summed E-state index contributed by atoms with van der Waals surface area (Å²) in [5.41, 5.74) is 4.83. The van der Waals surface area contributed by atoms with Crippen LogP contribution in [0.15, 0.2) is 53.4 Å². The number of imidazole rings is 1. The second-order valence-electron chi connectivity index (χ2n) is 4.12. The molecule has 18 heavy (non-hydrogen) atoms. The second-order valence-corrected chi connectivity index (χ2v) is 4.12. The van der Waals surface area contributed by atoms with Crippen molar-refractivity contribution in [1.82, 2.24) is 15.0 Å². The topological polar surface area (TPSA) is 69.0 Å². The van der Waals surface area contributed by atoms with E-state index in [0.29, 0.717) is 6.54 Å². The quantitative estimate of drug-likeness (QED) is 0.541. The van der Waals surface area contributed by atoms with Gasteiger partial charge in [-0.2, -0.15) is 0 Å². The predicted octanol–water partition coefficient (Wildman–Crippen LogP) is 1.83. The van der Waals surface area contributed by atoms with E-state index >= 15 is 0 Å². The largest absolute Gasteiger partial charge is 0.468 e. The van der Waals surface area contributed by atoms with Crippen LogP contribution in [-0.4, -0.2) is 9.55 Å². The fourth-order valence-electron chi connectivity index (χ4n) is 2.07. The van der Waals surface area contributed by atoms with Crippen molar-refractivity contribution in [3.05, 3.63) is 54.7 Å². The van der Waals surface area contributed by atoms with Crippen LogP contribution in [0.25, 0.3) is 11.0 Å². The van der Waals surface area contributed by atoms with E-state index in [4.69, 9.17) is 10.3 Å². The molecule has 1 atom stereocenters. The highest BCUT2D eigenvalue weighted by atomic mass is 16.3. The minimum atomic E-state index is -0.0717. The molecule has 0 aliphatic heterocycles. The molecule has 92 valence electrons. The second kappa shape index (κ2) is 4.64. The molecule has 0 aliphatic rings. The zero-order chi connectivity index (χ0) is 12.4. The van der Waals surface area contributed by atoms with Crippen LogP contribution in [0.1, 0.15) is 11.8 Å². The van der Waals surface area contributed by atoms with E-state index in [1.165, 1.54) is 0 Å². The molecule has 3 rings (SSSR count). The zero-order valence-corrected chi connectivity index (χ0v) is 9.78. The number of para-hydroxylation sites is 2. The summed E-state index contributed by atoms with van der Waals surface area (Å²) < 4.78 is 7.43. The van der Waals surface area contributed by atoms with Crippen molar-refractivity contribution in [2.75, 3.05) is 0 Å². The zero-order valence-electron chi connectivity index (χ0n) is 9.78. The molecule has 2 heterocycles. The maximum absolute atomic E-state index is 5.58. The maximum atomic E-state index is 5.58. The van der Waals surface area contributed by atoms with Crippen LogP contribution < -0.4 is 11.3 Å². The SMILES string of the molecule is NNC(Cn1cnc2ccccc21)c1ccco1. The molecule has 2 aromatic heterocycles. The predicted molar refractivity (Wildman–Crippen MR) is 68.5 cm³/mol. The first-order valence-corrected chi connectivity index (χ1v) is 5.78. The van der Waals surface area contributed by atoms with E-state index in [0.717, 1.165) is 16.8 Å². The molecule has 0 saturated carbocycles. The Hall–Kier alpha value is -2.11. The van der Waals surface area contributed by atoms with Crippen molar-refractivity contribution in [2.45, 2.75) is 12.6 Å². The lowest BCUT2D eigenvalue weighted by Crippen LogP contribution is -2.30. The van der Waals surface area contributed by atoms with Gasteiger partial charge >= 0.3 is 0 Å². The van der Waals surface area contributed by atoms with Gasteiger partial charge in [0.15, 0.2) is 0 Å². The van der Waals surface area contributed by atoms with Crippen molar-refractivity contribution in [1.29, 1.82) is 0 Å². The molecular weight excluding hydrogens is 228 g/mol. The number of furan rings is 1. The fraction of sp³-hybridized carbons (Fsp3) is 0.154. The Balaban J connectivity index is 1.91. The number of fused-ring (bicyclic) bond motifs is 1. The molecule has 1 aromatic carbocycles. The molecule has 0 amide bonds. The Bertz CT molecular complexity index is 629. The van der Waals surface area contributed by atoms with Crippen molar-refractivity contribution in [3.63, 3.8) is 0 Å². The molecule has 5 heteroatoms. The lowest BCUT2D eigenvalue weighted by atomic mass is 10.2. The van der Waals surface area contributed by atoms with Crippen LogP contribution >= 0.6 is 0 Å². The van der Waals surface area contributed by atoms with Gasteiger partial charge in [-0.15, -0.1) is 0 Å². The molecule has 3 N–H and O–H groups in total. The summed E-state index contributed by atoms with van der Waals surface area (Å²) in [5, 5.41) is 0. The highest BCUT2D eigenvalue weighted by Gasteiger charge is 2.14. The Morgan fingerprint density at radius 3 is 2.94 bits per heavy atom. The summed E-state index contributed by atoms with van der Waals surface area (Å²) in [6.45, 7) is 0.671. The minimum absolute atomic E-state index is 0.0717. The standard InChI is InChI=1S/C13H14N4O/c14-16-11(13-6-3-7-18-13)8-17-9-15-10-4-1-2-5-12(10)17/h1-7,9,11,16H,8,14H2. The van der Waals surface area contributed by atoms with E-state index in [1.54, 1.807) is 6.26 Å². The van der Waals surface area contributed by atoms with Gasteiger partial charge in [-0.25, -0.2) is 10.4 Å². The number of nitrogens with zero attached hydrogens (tertiary/aromatic N) is 2. The van der Waals surface area contributed by atoms with E-state index in [-0.39, 0.29) is 6.04 Å². The van der Waals surface area contributed by atoms with E-state index in [2.05, 4.69) is 15.0 Å². The molecule has 1 unspecified atom stereocenters. The number of nitrogens with two attached hydrogens (primary N) is 1. The van der Waals surface area contributed by atoms with E-state index < -0.39 is 0 Å². The number of benzene rings is 1. The van der Waals surface area contributed by atoms with Gasteiger partial charge in [0.2, 0.25) is 0 Å². The van der Waals surface area contributed by atoms with Gasteiger partial charge in [0.1, 0.15) is 5.76 Å². The number of hydrazine groups is 1. The third-order valence-electron chi connectivity index (χ3n) is 2.99. The Labute approximate surface area is 104 Å². The van der Waals surface area contributed by atoms with Gasteiger partial charge in [0, 0.05) is 6.54 Å². The minimum Gasteiger partial charge on any atom is -0.468 e. The molecule has 3 aromatic rings. The molecular formula is C13H14N4O. The molecule has 5 nitrogen and oxygen atoms in total. The first-order valence-electron chi connectivity index (χ1n) is 5.78. The molecule has 0 aliphatic carbocycles. The summed E-state index contributed by atoms with van der Waals surface area (Å²) in [6, 6.07) is 11.7. The third-order valence-corrected chi connectivity index (χ3v) is 2.99. The Morgan fingerprint density at radius 2 is 2.17 bits per heavy atom. The third kappa shape index (κ3) is 1.90. The lowest BCUT2D eigenvalue weighted by molar-refractivity contribution is 0.385. The van der Waals surface area contributed by atoms with Gasteiger partial charge in [0.25, 0.3) is 0 Å². The molecule has 0 fully saturated rings. The van der Waals surface area contributed by atoms with Crippen LogP contribution in [0.5, 0.6) is 0 Å². The normalized spacial score (nSPS) is 12.9. The van der Waals surface area contributed by atoms with Crippen molar-refractivity contribution < 1.29 is 4.42 Å². The number of aromatic nitrogens is 2. The van der Waals surface area contributed by atoms with Crippen LogP contribution in [0.2, 0.25) is 0 Å². The molecule has 0 bridgehead atoms. The molecule has 0 spiro atoms. The first kappa shape index (κ1) is 11.0. The van der Waals surface area contributed by atoms with Gasteiger partial charge in [-0.05, 0) is 24.3 Å². The maximum Gasteiger partial charge on any atom is 0.123 e. The van der Waals surface area contributed by atoms with Gasteiger partial charge in [0.05, 0.1) is 29.7 Å². The van der Waals surface area contributed by atoms with Crippen molar-refractivity contribution in [3.8, 4) is 0 Å². The Kier molecular flexibility index (Phi) is 2.84. The van der Waals surface area contributed by atoms with Gasteiger partial charge in [-0.1, -0.05) is 12.1 Å². The Morgan fingerprint density at radius 1 is 1.28 bits per heavy atom. The van der Waals surface area contributed by atoms with E-state index in [1.807, 2.05) is 42.7 Å². The molecule has 0 radical (unpaired) electrons. The highest BCUT2D eigenvalue weighted by Crippen LogP contribution is 2.18. The fourth-order valence-corrected chi connectivity index (χ4v) is 2.07. The van der Waals surface area contributed by atoms with Gasteiger partial charge in [-0.3, -0.25) is 5.84 Å². The average molecular weight is 242 g/mol. The summed E-state index contributed by atoms with van der Waals surface area (Å²) >= 11 is 0. The average Bonchev–Trinajstić information content (AvgIpc) is 3.06. The van der Waals surface area contributed by atoms with Crippen LogP contribution in [0.4, 0.5) is 0 Å². The summed E-state index contributed by atoms with van der Waals surface area (Å²) in [7, 11) is 0. The summed E-state index contributed by atoms with van der Waals surface area (Å²) in [5.74, 6) is 6.40. The first-order chi connectivity index (χ1) is 8.88. The van der Waals surface area contributed by atoms with E-state index in [9.17, 15) is 0 Å². The summed E-state index contributed by atoms with van der Waals surface area (Å²) in [6.07, 6.45) is 3.46. The van der Waals surface area contributed by atoms with Crippen molar-refractivity contribution in [2.24, 2.45) is 5.84 Å². The number of rotatable bonds is 4. The van der Waals surface area contributed by atoms with Crippen LogP contribution in [0, 0.1) is 0 Å². The molecule has 0 saturated heterocycles. The highest BCUT2D eigenvalue weighted by molar-refractivity contribution is 5.74. The number of hydrogen-bond acceptors (Lipinski definition) is 4. The van der Waals surface area contributed by atoms with Gasteiger partial charge < -0.3 is 8.98 Å². The number of hydrogen-bond donors (Lipinski definition) is 2.